The minimum absolute atomic E-state index is 0.00894. The molecule has 0 spiro atoms. The molecule has 1 rings (SSSR count). The lowest BCUT2D eigenvalue weighted by Gasteiger charge is -2.19. The van der Waals surface area contributed by atoms with Gasteiger partial charge in [-0.1, -0.05) is 43.7 Å². The molecule has 1 aromatic carbocycles. The van der Waals surface area contributed by atoms with E-state index in [1.165, 1.54) is 0 Å². The highest BCUT2D eigenvalue weighted by Crippen LogP contribution is 2.10. The van der Waals surface area contributed by atoms with E-state index in [2.05, 4.69) is 5.32 Å². The van der Waals surface area contributed by atoms with Crippen LogP contribution in [-0.2, 0) is 11.2 Å². The quantitative estimate of drug-likeness (QED) is 0.650. The van der Waals surface area contributed by atoms with Gasteiger partial charge in [0.25, 0.3) is 0 Å². The van der Waals surface area contributed by atoms with E-state index in [9.17, 15) is 9.90 Å². The van der Waals surface area contributed by atoms with Crippen molar-refractivity contribution in [1.82, 2.24) is 5.32 Å². The third kappa shape index (κ3) is 7.25. The van der Waals surface area contributed by atoms with E-state index in [0.717, 1.165) is 24.8 Å². The maximum Gasteiger partial charge on any atom is 0.223 e. The van der Waals surface area contributed by atoms with Crippen LogP contribution in [0, 0.1) is 5.92 Å². The lowest BCUT2D eigenvalue weighted by atomic mass is 10.00. The van der Waals surface area contributed by atoms with Gasteiger partial charge >= 0.3 is 0 Å². The summed E-state index contributed by atoms with van der Waals surface area (Å²) in [5.74, 6) is -0.0387. The van der Waals surface area contributed by atoms with Crippen molar-refractivity contribution in [1.29, 1.82) is 0 Å². The van der Waals surface area contributed by atoms with Gasteiger partial charge in [0, 0.05) is 12.0 Å². The number of carbonyl (C=O) groups excluding carboxylic acids is 1. The fraction of sp³-hybridized carbons (Fsp3) is 0.588. The summed E-state index contributed by atoms with van der Waals surface area (Å²) in [4.78, 5) is 12.1. The number of carbonyl (C=O) groups is 1. The van der Waals surface area contributed by atoms with Crippen LogP contribution in [0.3, 0.4) is 0 Å². The van der Waals surface area contributed by atoms with Gasteiger partial charge in [-0.15, -0.1) is 0 Å². The van der Waals surface area contributed by atoms with E-state index >= 15 is 0 Å². The summed E-state index contributed by atoms with van der Waals surface area (Å²) < 4.78 is 0. The topological polar surface area (TPSA) is 75.4 Å². The zero-order chi connectivity index (χ0) is 15.7. The number of rotatable bonds is 9. The summed E-state index contributed by atoms with van der Waals surface area (Å²) in [5.41, 5.74) is 6.82. The Hall–Kier alpha value is -1.39. The Morgan fingerprint density at radius 1 is 1.24 bits per heavy atom. The number of hydrogen-bond donors (Lipinski definition) is 3. The van der Waals surface area contributed by atoms with Crippen LogP contribution in [0.25, 0.3) is 0 Å². The van der Waals surface area contributed by atoms with Crippen LogP contribution in [-0.4, -0.2) is 29.7 Å². The predicted octanol–water partition coefficient (Wildman–Crippen LogP) is 1.86. The Morgan fingerprint density at radius 2 is 1.90 bits per heavy atom. The minimum Gasteiger partial charge on any atom is -0.394 e. The van der Waals surface area contributed by atoms with Crippen LogP contribution in [0.5, 0.6) is 0 Å². The van der Waals surface area contributed by atoms with E-state index in [-0.39, 0.29) is 30.5 Å². The molecule has 3 atom stereocenters. The zero-order valence-electron chi connectivity index (χ0n) is 13.1. The van der Waals surface area contributed by atoms with Crippen LogP contribution in [0.15, 0.2) is 30.3 Å². The Bertz CT molecular complexity index is 407. The molecule has 2 unspecified atom stereocenters. The van der Waals surface area contributed by atoms with Gasteiger partial charge in [-0.25, -0.2) is 0 Å². The van der Waals surface area contributed by atoms with E-state index in [4.69, 9.17) is 5.73 Å². The second-order valence-corrected chi connectivity index (χ2v) is 5.89. The highest BCUT2D eigenvalue weighted by molar-refractivity contribution is 5.78. The fourth-order valence-corrected chi connectivity index (χ4v) is 2.28. The monoisotopic (exact) mass is 292 g/mol. The molecule has 0 aliphatic heterocycles. The average Bonchev–Trinajstić information content (AvgIpc) is 2.47. The standard InChI is InChI=1S/C17H28N2O2/c1-13(7-6-8-14(2)18)17(21)19-16(12-20)11-15-9-4-3-5-10-15/h3-5,9-10,13-14,16,20H,6-8,11-12,18H2,1-2H3,(H,19,21)/t13?,14?,16-/m1/s1. The number of nitrogens with two attached hydrogens (primary N) is 1. The van der Waals surface area contributed by atoms with Crippen LogP contribution in [0.1, 0.15) is 38.7 Å². The first-order valence-electron chi connectivity index (χ1n) is 7.73. The number of aliphatic hydroxyl groups excluding tert-OH is 1. The van der Waals surface area contributed by atoms with Crippen molar-refractivity contribution in [2.24, 2.45) is 11.7 Å². The average molecular weight is 292 g/mol. The third-order valence-corrected chi connectivity index (χ3v) is 3.64. The molecule has 1 amide bonds. The highest BCUT2D eigenvalue weighted by atomic mass is 16.3. The first-order chi connectivity index (χ1) is 10.0. The second-order valence-electron chi connectivity index (χ2n) is 5.89. The summed E-state index contributed by atoms with van der Waals surface area (Å²) in [6.45, 7) is 3.85. The van der Waals surface area contributed by atoms with Gasteiger partial charge in [0.1, 0.15) is 0 Å². The summed E-state index contributed by atoms with van der Waals surface area (Å²) >= 11 is 0. The molecule has 0 radical (unpaired) electrons. The lowest BCUT2D eigenvalue weighted by molar-refractivity contribution is -0.125. The van der Waals surface area contributed by atoms with Gasteiger partial charge in [0.05, 0.1) is 12.6 Å². The largest absolute Gasteiger partial charge is 0.394 e. The van der Waals surface area contributed by atoms with Crippen molar-refractivity contribution in [3.63, 3.8) is 0 Å². The maximum absolute atomic E-state index is 12.1. The number of aliphatic hydroxyl groups is 1. The molecule has 0 saturated heterocycles. The Labute approximate surface area is 127 Å². The molecule has 4 N–H and O–H groups in total. The first-order valence-corrected chi connectivity index (χ1v) is 7.73. The molecule has 0 saturated carbocycles. The zero-order valence-corrected chi connectivity index (χ0v) is 13.1. The summed E-state index contributed by atoms with van der Waals surface area (Å²) in [6.07, 6.45) is 3.37. The van der Waals surface area contributed by atoms with Gasteiger partial charge in [0.2, 0.25) is 5.91 Å². The second kappa shape index (κ2) is 9.53. The molecular weight excluding hydrogens is 264 g/mol. The van der Waals surface area contributed by atoms with Crippen molar-refractivity contribution in [2.45, 2.75) is 51.6 Å². The number of benzene rings is 1. The number of hydrogen-bond acceptors (Lipinski definition) is 3. The van der Waals surface area contributed by atoms with Gasteiger partial charge in [-0.2, -0.15) is 0 Å². The van der Waals surface area contributed by atoms with Gasteiger partial charge in [0.15, 0.2) is 0 Å². The first kappa shape index (κ1) is 17.7. The molecule has 4 heteroatoms. The van der Waals surface area contributed by atoms with Crippen LogP contribution in [0.2, 0.25) is 0 Å². The van der Waals surface area contributed by atoms with E-state index in [1.807, 2.05) is 44.2 Å². The molecule has 0 bridgehead atoms. The van der Waals surface area contributed by atoms with Crippen molar-refractivity contribution >= 4 is 5.91 Å². The highest BCUT2D eigenvalue weighted by Gasteiger charge is 2.17. The van der Waals surface area contributed by atoms with E-state index in [0.29, 0.717) is 6.42 Å². The van der Waals surface area contributed by atoms with Crippen molar-refractivity contribution in [3.05, 3.63) is 35.9 Å². The molecule has 0 aromatic heterocycles. The molecule has 0 fully saturated rings. The number of nitrogens with one attached hydrogen (secondary N) is 1. The molecule has 0 aliphatic rings. The minimum atomic E-state index is -0.226. The molecule has 0 aliphatic carbocycles. The van der Waals surface area contributed by atoms with Crippen LogP contribution in [0.4, 0.5) is 0 Å². The molecule has 4 nitrogen and oxygen atoms in total. The fourth-order valence-electron chi connectivity index (χ4n) is 2.28. The predicted molar refractivity (Wildman–Crippen MR) is 85.8 cm³/mol. The van der Waals surface area contributed by atoms with Crippen molar-refractivity contribution in [3.8, 4) is 0 Å². The third-order valence-electron chi connectivity index (χ3n) is 3.64. The summed E-state index contributed by atoms with van der Waals surface area (Å²) in [5, 5.41) is 12.4. The van der Waals surface area contributed by atoms with E-state index in [1.54, 1.807) is 0 Å². The summed E-state index contributed by atoms with van der Waals surface area (Å²) in [6, 6.07) is 9.84. The molecule has 118 valence electrons. The SMILES string of the molecule is CC(N)CCCC(C)C(=O)N[C@@H](CO)Cc1ccccc1. The van der Waals surface area contributed by atoms with Crippen LogP contribution >= 0.6 is 0 Å². The van der Waals surface area contributed by atoms with E-state index < -0.39 is 0 Å². The normalized spacial score (nSPS) is 15.2. The van der Waals surface area contributed by atoms with Gasteiger partial charge in [-0.05, 0) is 31.7 Å². The van der Waals surface area contributed by atoms with Gasteiger partial charge < -0.3 is 16.2 Å². The molecule has 0 heterocycles. The van der Waals surface area contributed by atoms with Crippen LogP contribution < -0.4 is 11.1 Å². The Kier molecular flexibility index (Phi) is 8.01. The number of amides is 1. The lowest BCUT2D eigenvalue weighted by Crippen LogP contribution is -2.41. The molecular formula is C17H28N2O2. The van der Waals surface area contributed by atoms with Gasteiger partial charge in [-0.3, -0.25) is 4.79 Å². The Balaban J connectivity index is 2.39. The smallest absolute Gasteiger partial charge is 0.223 e. The summed E-state index contributed by atoms with van der Waals surface area (Å²) in [7, 11) is 0. The Morgan fingerprint density at radius 3 is 2.48 bits per heavy atom. The maximum atomic E-state index is 12.1. The van der Waals surface area contributed by atoms with Crippen molar-refractivity contribution < 1.29 is 9.90 Å². The van der Waals surface area contributed by atoms with Crippen molar-refractivity contribution in [2.75, 3.05) is 6.61 Å². The molecule has 21 heavy (non-hydrogen) atoms. The molecule has 1 aromatic rings.